The molecule has 0 spiro atoms. The fraction of sp³-hybridized carbons (Fsp3) is 0.120. The standard InChI is InChI=1S/C25H23N3O5S2/c1-16-7-10-20(11-8-16)35(30,31)28-18-6-4-5-17(13-18)24(29)27-25-26-22(15-34-25)21-12-9-19(32-2)14-23(21)33-3/h4-15,28H,1-3H3,(H,26,27,29). The van der Waals surface area contributed by atoms with Crippen molar-refractivity contribution < 1.29 is 22.7 Å². The van der Waals surface area contributed by atoms with Gasteiger partial charge in [-0.15, -0.1) is 11.3 Å². The van der Waals surface area contributed by atoms with Crippen LogP contribution in [0.5, 0.6) is 11.5 Å². The van der Waals surface area contributed by atoms with Gasteiger partial charge in [-0.05, 0) is 49.4 Å². The third-order valence-electron chi connectivity index (χ3n) is 5.12. The SMILES string of the molecule is COc1ccc(-c2csc(NC(=O)c3cccc(NS(=O)(=O)c4ccc(C)cc4)c3)n2)c(OC)c1. The van der Waals surface area contributed by atoms with Gasteiger partial charge in [0.25, 0.3) is 15.9 Å². The van der Waals surface area contributed by atoms with Crippen LogP contribution in [0.1, 0.15) is 15.9 Å². The largest absolute Gasteiger partial charge is 0.497 e. The molecule has 0 aliphatic carbocycles. The smallest absolute Gasteiger partial charge is 0.261 e. The van der Waals surface area contributed by atoms with Gasteiger partial charge in [0.05, 0.1) is 24.8 Å². The van der Waals surface area contributed by atoms with E-state index in [-0.39, 0.29) is 16.1 Å². The van der Waals surface area contributed by atoms with Crippen molar-refractivity contribution >= 4 is 38.1 Å². The zero-order valence-corrected chi connectivity index (χ0v) is 20.9. The van der Waals surface area contributed by atoms with Crippen molar-refractivity contribution in [2.24, 2.45) is 0 Å². The number of anilines is 2. The Morgan fingerprint density at radius 2 is 1.74 bits per heavy atom. The second kappa shape index (κ2) is 10.2. The number of amides is 1. The molecule has 3 aromatic carbocycles. The first kappa shape index (κ1) is 24.2. The Hall–Kier alpha value is -3.89. The molecule has 0 saturated carbocycles. The van der Waals surface area contributed by atoms with E-state index in [0.29, 0.717) is 22.3 Å². The maximum absolute atomic E-state index is 12.8. The van der Waals surface area contributed by atoms with E-state index in [9.17, 15) is 13.2 Å². The second-order valence-corrected chi connectivity index (χ2v) is 10.1. The Bertz CT molecular complexity index is 1460. The summed E-state index contributed by atoms with van der Waals surface area (Å²) in [6.45, 7) is 1.88. The summed E-state index contributed by atoms with van der Waals surface area (Å²) in [5, 5.41) is 4.97. The molecule has 1 aromatic heterocycles. The molecule has 4 aromatic rings. The summed E-state index contributed by atoms with van der Waals surface area (Å²) in [6, 6.07) is 18.2. The maximum Gasteiger partial charge on any atom is 0.261 e. The summed E-state index contributed by atoms with van der Waals surface area (Å²) in [5.74, 6) is 0.845. The van der Waals surface area contributed by atoms with Crippen LogP contribution in [-0.2, 0) is 10.0 Å². The average molecular weight is 510 g/mol. The zero-order chi connectivity index (χ0) is 25.0. The van der Waals surface area contributed by atoms with Crippen molar-refractivity contribution in [3.05, 3.63) is 83.2 Å². The maximum atomic E-state index is 12.8. The molecular formula is C25H23N3O5S2. The molecule has 2 N–H and O–H groups in total. The molecule has 0 saturated heterocycles. The second-order valence-electron chi connectivity index (χ2n) is 7.56. The predicted octanol–water partition coefficient (Wildman–Crippen LogP) is 5.19. The van der Waals surface area contributed by atoms with E-state index in [4.69, 9.17) is 9.47 Å². The number of rotatable bonds is 8. The van der Waals surface area contributed by atoms with Crippen molar-refractivity contribution in [2.75, 3.05) is 24.3 Å². The van der Waals surface area contributed by atoms with E-state index in [1.54, 1.807) is 56.7 Å². The quantitative estimate of drug-likeness (QED) is 0.339. The normalized spacial score (nSPS) is 11.1. The van der Waals surface area contributed by atoms with Gasteiger partial charge in [-0.1, -0.05) is 23.8 Å². The average Bonchev–Trinajstić information content (AvgIpc) is 3.32. The first-order chi connectivity index (χ1) is 16.8. The van der Waals surface area contributed by atoms with Crippen LogP contribution in [0.25, 0.3) is 11.3 Å². The summed E-state index contributed by atoms with van der Waals surface area (Å²) in [5.41, 5.74) is 2.93. The lowest BCUT2D eigenvalue weighted by molar-refractivity contribution is 0.102. The number of hydrogen-bond donors (Lipinski definition) is 2. The monoisotopic (exact) mass is 509 g/mol. The molecule has 35 heavy (non-hydrogen) atoms. The van der Waals surface area contributed by atoms with Crippen molar-refractivity contribution in [3.8, 4) is 22.8 Å². The third kappa shape index (κ3) is 5.61. The predicted molar refractivity (Wildman–Crippen MR) is 137 cm³/mol. The molecule has 0 unspecified atom stereocenters. The molecule has 180 valence electrons. The highest BCUT2D eigenvalue weighted by molar-refractivity contribution is 7.92. The van der Waals surface area contributed by atoms with Crippen molar-refractivity contribution in [3.63, 3.8) is 0 Å². The van der Waals surface area contributed by atoms with Crippen LogP contribution in [0.3, 0.4) is 0 Å². The van der Waals surface area contributed by atoms with E-state index in [1.807, 2.05) is 18.4 Å². The van der Waals surface area contributed by atoms with Gasteiger partial charge in [0.15, 0.2) is 5.13 Å². The first-order valence-electron chi connectivity index (χ1n) is 10.5. The number of carbonyl (C=O) groups excluding carboxylic acids is 1. The molecule has 0 bridgehead atoms. The number of aromatic nitrogens is 1. The summed E-state index contributed by atoms with van der Waals surface area (Å²) < 4.78 is 38.5. The molecule has 8 nitrogen and oxygen atoms in total. The summed E-state index contributed by atoms with van der Waals surface area (Å²) in [7, 11) is -0.644. The molecule has 0 aliphatic heterocycles. The van der Waals surface area contributed by atoms with Crippen LogP contribution < -0.4 is 19.5 Å². The first-order valence-corrected chi connectivity index (χ1v) is 12.8. The van der Waals surface area contributed by atoms with E-state index >= 15 is 0 Å². The zero-order valence-electron chi connectivity index (χ0n) is 19.2. The fourth-order valence-corrected chi connectivity index (χ4v) is 5.04. The highest BCUT2D eigenvalue weighted by Crippen LogP contribution is 2.35. The minimum atomic E-state index is -3.78. The van der Waals surface area contributed by atoms with Gasteiger partial charge < -0.3 is 9.47 Å². The number of nitrogens with one attached hydrogen (secondary N) is 2. The minimum absolute atomic E-state index is 0.141. The number of thiazole rings is 1. The van der Waals surface area contributed by atoms with Crippen LogP contribution in [0.15, 0.2) is 77.0 Å². The lowest BCUT2D eigenvalue weighted by atomic mass is 10.1. The van der Waals surface area contributed by atoms with Gasteiger partial charge in [0, 0.05) is 28.3 Å². The topological polar surface area (TPSA) is 107 Å². The van der Waals surface area contributed by atoms with Crippen LogP contribution in [0, 0.1) is 6.92 Å². The van der Waals surface area contributed by atoms with Gasteiger partial charge in [0.2, 0.25) is 0 Å². The molecule has 1 heterocycles. The summed E-state index contributed by atoms with van der Waals surface area (Å²) >= 11 is 1.27. The van der Waals surface area contributed by atoms with E-state index in [2.05, 4.69) is 15.0 Å². The lowest BCUT2D eigenvalue weighted by Crippen LogP contribution is -2.15. The molecule has 1 amide bonds. The van der Waals surface area contributed by atoms with Crippen LogP contribution in [0.4, 0.5) is 10.8 Å². The van der Waals surface area contributed by atoms with Crippen LogP contribution in [-0.4, -0.2) is 33.5 Å². The third-order valence-corrected chi connectivity index (χ3v) is 7.27. The Labute approximate surface area is 207 Å². The Morgan fingerprint density at radius 1 is 0.971 bits per heavy atom. The number of methoxy groups -OCH3 is 2. The number of ether oxygens (including phenoxy) is 2. The number of nitrogens with zero attached hydrogens (tertiary/aromatic N) is 1. The van der Waals surface area contributed by atoms with Crippen molar-refractivity contribution in [1.29, 1.82) is 0 Å². The van der Waals surface area contributed by atoms with Crippen LogP contribution in [0.2, 0.25) is 0 Å². The molecule has 0 fully saturated rings. The number of sulfonamides is 1. The Kier molecular flexibility index (Phi) is 7.04. The van der Waals surface area contributed by atoms with E-state index in [1.165, 1.54) is 29.5 Å². The minimum Gasteiger partial charge on any atom is -0.497 e. The number of aryl methyl sites for hydroxylation is 1. The Balaban J connectivity index is 1.49. The summed E-state index contributed by atoms with van der Waals surface area (Å²) in [6.07, 6.45) is 0. The van der Waals surface area contributed by atoms with Gasteiger partial charge in [-0.3, -0.25) is 14.8 Å². The number of hydrogen-bond acceptors (Lipinski definition) is 7. The molecule has 4 rings (SSSR count). The molecule has 0 atom stereocenters. The number of benzene rings is 3. The highest BCUT2D eigenvalue weighted by Gasteiger charge is 2.16. The van der Waals surface area contributed by atoms with Gasteiger partial charge in [0.1, 0.15) is 11.5 Å². The summed E-state index contributed by atoms with van der Waals surface area (Å²) in [4.78, 5) is 17.5. The van der Waals surface area contributed by atoms with Crippen LogP contribution >= 0.6 is 11.3 Å². The molecule has 10 heteroatoms. The fourth-order valence-electron chi connectivity index (χ4n) is 3.29. The molecule has 0 radical (unpaired) electrons. The van der Waals surface area contributed by atoms with E-state index in [0.717, 1.165) is 11.1 Å². The van der Waals surface area contributed by atoms with E-state index < -0.39 is 15.9 Å². The highest BCUT2D eigenvalue weighted by atomic mass is 32.2. The molecule has 0 aliphatic rings. The molecular weight excluding hydrogens is 486 g/mol. The van der Waals surface area contributed by atoms with Gasteiger partial charge in [-0.2, -0.15) is 0 Å². The lowest BCUT2D eigenvalue weighted by Gasteiger charge is -2.10. The number of carbonyl (C=O) groups is 1. The van der Waals surface area contributed by atoms with Crippen molar-refractivity contribution in [1.82, 2.24) is 4.98 Å². The van der Waals surface area contributed by atoms with Crippen molar-refractivity contribution in [2.45, 2.75) is 11.8 Å². The van der Waals surface area contributed by atoms with Gasteiger partial charge >= 0.3 is 0 Å². The Morgan fingerprint density at radius 3 is 2.46 bits per heavy atom. The van der Waals surface area contributed by atoms with Gasteiger partial charge in [-0.25, -0.2) is 13.4 Å².